The lowest BCUT2D eigenvalue weighted by Gasteiger charge is -2.19. The van der Waals surface area contributed by atoms with E-state index in [-0.39, 0.29) is 0 Å². The molecule has 0 aliphatic rings. The second-order valence-electron chi connectivity index (χ2n) is 4.65. The number of rotatable bonds is 0. The topological polar surface area (TPSA) is 31.2 Å². The summed E-state index contributed by atoms with van der Waals surface area (Å²) in [5, 5.41) is 0.980. The van der Waals surface area contributed by atoms with Gasteiger partial charge < -0.3 is 4.74 Å². The quantitative estimate of drug-likeness (QED) is 0.677. The molecule has 3 heteroatoms. The highest BCUT2D eigenvalue weighted by molar-refractivity contribution is 5.89. The van der Waals surface area contributed by atoms with Crippen LogP contribution in [0.15, 0.2) is 30.3 Å². The van der Waals surface area contributed by atoms with Gasteiger partial charge in [0.25, 0.3) is 0 Å². The minimum atomic E-state index is -0.490. The average molecular weight is 216 g/mol. The smallest absolute Gasteiger partial charge is 0.419 e. The van der Waals surface area contributed by atoms with E-state index in [9.17, 15) is 4.79 Å². The summed E-state index contributed by atoms with van der Waals surface area (Å²) in [6, 6.07) is 9.40. The summed E-state index contributed by atoms with van der Waals surface area (Å²) in [5.41, 5.74) is 0.327. The van der Waals surface area contributed by atoms with Crippen LogP contribution in [0.25, 0.3) is 10.9 Å². The molecule has 1 aromatic heterocycles. The molecule has 2 rings (SSSR count). The van der Waals surface area contributed by atoms with Crippen LogP contribution < -0.4 is 0 Å². The van der Waals surface area contributed by atoms with Crippen LogP contribution in [0.5, 0.6) is 0 Å². The van der Waals surface area contributed by atoms with E-state index in [4.69, 9.17) is 4.74 Å². The first kappa shape index (κ1) is 10.7. The predicted molar refractivity (Wildman–Crippen MR) is 62.4 cm³/mol. The Morgan fingerprint density at radius 2 is 2.00 bits per heavy atom. The minimum absolute atomic E-state index is 0.395. The summed E-state index contributed by atoms with van der Waals surface area (Å²) in [5.74, 6) is 0. The van der Waals surface area contributed by atoms with Gasteiger partial charge in [0, 0.05) is 5.39 Å². The minimum Gasteiger partial charge on any atom is -0.443 e. The van der Waals surface area contributed by atoms with Gasteiger partial charge in [0.1, 0.15) is 5.60 Å². The Balaban J connectivity index is 2.37. The number of carbonyl (C=O) groups is 1. The van der Waals surface area contributed by atoms with Crippen molar-refractivity contribution in [1.29, 1.82) is 0 Å². The summed E-state index contributed by atoms with van der Waals surface area (Å²) in [6.07, 6.45) is 2.48. The van der Waals surface area contributed by atoms with Gasteiger partial charge in [0.2, 0.25) is 0 Å². The first-order valence-corrected chi connectivity index (χ1v) is 5.19. The Bertz CT molecular complexity index is 520. The van der Waals surface area contributed by atoms with Crippen LogP contribution in [0.3, 0.4) is 0 Å². The van der Waals surface area contributed by atoms with Crippen LogP contribution in [0.1, 0.15) is 20.8 Å². The second kappa shape index (κ2) is 3.67. The van der Waals surface area contributed by atoms with E-state index >= 15 is 0 Å². The first-order valence-electron chi connectivity index (χ1n) is 5.19. The van der Waals surface area contributed by atoms with Gasteiger partial charge in [-0.3, -0.25) is 0 Å². The van der Waals surface area contributed by atoms with Crippen molar-refractivity contribution in [1.82, 2.24) is 4.57 Å². The Morgan fingerprint density at radius 3 is 2.69 bits per heavy atom. The Labute approximate surface area is 94.6 Å². The first-order chi connectivity index (χ1) is 7.47. The average Bonchev–Trinajstić information content (AvgIpc) is 2.58. The number of nitrogens with zero attached hydrogens (tertiary/aromatic N) is 1. The van der Waals surface area contributed by atoms with E-state index in [0.717, 1.165) is 10.9 Å². The Morgan fingerprint density at radius 1 is 1.31 bits per heavy atom. The summed E-state index contributed by atoms with van der Waals surface area (Å²) >= 11 is 0. The monoisotopic (exact) mass is 216 g/mol. The van der Waals surface area contributed by atoms with Crippen molar-refractivity contribution in [2.75, 3.05) is 0 Å². The Hall–Kier alpha value is -1.77. The lowest BCUT2D eigenvalue weighted by atomic mass is 10.2. The van der Waals surface area contributed by atoms with Gasteiger partial charge in [-0.15, -0.1) is 0 Å². The molecule has 0 saturated heterocycles. The molecule has 0 spiro atoms. The third-order valence-corrected chi connectivity index (χ3v) is 2.10. The van der Waals surface area contributed by atoms with Crippen molar-refractivity contribution in [3.63, 3.8) is 0 Å². The number of aromatic nitrogens is 1. The maximum atomic E-state index is 11.8. The van der Waals surface area contributed by atoms with E-state index < -0.39 is 11.7 Å². The predicted octanol–water partition coefficient (Wildman–Crippen LogP) is 3.22. The lowest BCUT2D eigenvalue weighted by molar-refractivity contribution is 0.0543. The van der Waals surface area contributed by atoms with Crippen LogP contribution in [0, 0.1) is 6.20 Å². The number of carbonyl (C=O) groups excluding carboxylic acids is 1. The second-order valence-corrected chi connectivity index (χ2v) is 4.65. The standard InChI is InChI=1S/C13H14NO2/c1-13(2,3)16-12(15)14-9-8-10-6-4-5-7-11(10)14/h4-8H,1-3H3. The van der Waals surface area contributed by atoms with Gasteiger partial charge in [0.15, 0.2) is 0 Å². The molecule has 1 heterocycles. The number of hydrogen-bond acceptors (Lipinski definition) is 2. The fourth-order valence-electron chi connectivity index (χ4n) is 1.48. The number of ether oxygens (including phenoxy) is 1. The van der Waals surface area contributed by atoms with E-state index in [2.05, 4.69) is 6.20 Å². The molecule has 1 radical (unpaired) electrons. The van der Waals surface area contributed by atoms with Crippen LogP contribution in [0.2, 0.25) is 0 Å². The van der Waals surface area contributed by atoms with Crippen LogP contribution in [-0.4, -0.2) is 16.3 Å². The number of para-hydroxylation sites is 1. The largest absolute Gasteiger partial charge is 0.443 e. The molecule has 0 unspecified atom stereocenters. The highest BCUT2D eigenvalue weighted by Crippen LogP contribution is 2.17. The summed E-state index contributed by atoms with van der Waals surface area (Å²) in [4.78, 5) is 11.8. The van der Waals surface area contributed by atoms with E-state index in [1.165, 1.54) is 4.57 Å². The maximum absolute atomic E-state index is 11.8. The van der Waals surface area contributed by atoms with E-state index in [0.29, 0.717) is 0 Å². The molecule has 83 valence electrons. The molecule has 3 nitrogen and oxygen atoms in total. The van der Waals surface area contributed by atoms with Crippen LogP contribution in [0.4, 0.5) is 4.79 Å². The summed E-state index contributed by atoms with van der Waals surface area (Å²) < 4.78 is 6.69. The van der Waals surface area contributed by atoms with Gasteiger partial charge in [-0.1, -0.05) is 18.2 Å². The van der Waals surface area contributed by atoms with Gasteiger partial charge in [-0.2, -0.15) is 0 Å². The number of hydrogen-bond donors (Lipinski definition) is 0. The highest BCUT2D eigenvalue weighted by Gasteiger charge is 2.18. The van der Waals surface area contributed by atoms with Crippen LogP contribution in [-0.2, 0) is 4.74 Å². The molecule has 0 amide bonds. The summed E-state index contributed by atoms with van der Waals surface area (Å²) in [6.45, 7) is 5.53. The van der Waals surface area contributed by atoms with Gasteiger partial charge >= 0.3 is 6.09 Å². The normalized spacial score (nSPS) is 11.7. The van der Waals surface area contributed by atoms with Crippen molar-refractivity contribution < 1.29 is 9.53 Å². The van der Waals surface area contributed by atoms with E-state index in [1.54, 1.807) is 6.07 Å². The van der Waals surface area contributed by atoms with Crippen molar-refractivity contribution in [2.24, 2.45) is 0 Å². The van der Waals surface area contributed by atoms with Gasteiger partial charge in [-0.05, 0) is 32.9 Å². The fraction of sp³-hybridized carbons (Fsp3) is 0.308. The molecule has 0 aliphatic heterocycles. The van der Waals surface area contributed by atoms with Crippen molar-refractivity contribution in [3.05, 3.63) is 36.5 Å². The van der Waals surface area contributed by atoms with Crippen molar-refractivity contribution in [2.45, 2.75) is 26.4 Å². The summed E-state index contributed by atoms with van der Waals surface area (Å²) in [7, 11) is 0. The van der Waals surface area contributed by atoms with Crippen molar-refractivity contribution in [3.8, 4) is 0 Å². The number of fused-ring (bicyclic) bond motifs is 1. The molecule has 0 saturated carbocycles. The molecular weight excluding hydrogens is 202 g/mol. The van der Waals surface area contributed by atoms with E-state index in [1.807, 2.05) is 45.0 Å². The number of benzene rings is 1. The molecule has 16 heavy (non-hydrogen) atoms. The lowest BCUT2D eigenvalue weighted by Crippen LogP contribution is -2.26. The zero-order chi connectivity index (χ0) is 11.8. The third kappa shape index (κ3) is 2.08. The molecule has 0 bridgehead atoms. The Kier molecular flexibility index (Phi) is 2.46. The molecule has 0 aliphatic carbocycles. The highest BCUT2D eigenvalue weighted by atomic mass is 16.6. The SMILES string of the molecule is CC(C)(C)OC(=O)n1[c]cc2ccccc21. The third-order valence-electron chi connectivity index (χ3n) is 2.10. The molecule has 1 aromatic carbocycles. The molecular formula is C13H14NO2. The van der Waals surface area contributed by atoms with Crippen LogP contribution >= 0.6 is 0 Å². The van der Waals surface area contributed by atoms with Gasteiger partial charge in [-0.25, -0.2) is 9.36 Å². The zero-order valence-corrected chi connectivity index (χ0v) is 9.65. The molecule has 0 N–H and O–H groups in total. The zero-order valence-electron chi connectivity index (χ0n) is 9.65. The molecule has 0 atom stereocenters. The van der Waals surface area contributed by atoms with Gasteiger partial charge in [0.05, 0.1) is 11.7 Å². The molecule has 0 fully saturated rings. The maximum Gasteiger partial charge on any atom is 0.419 e. The molecule has 2 aromatic rings. The van der Waals surface area contributed by atoms with Crippen molar-refractivity contribution >= 4 is 17.0 Å². The fourth-order valence-corrected chi connectivity index (χ4v) is 1.48.